The Bertz CT molecular complexity index is 534. The lowest BCUT2D eigenvalue weighted by Crippen LogP contribution is -2.05. The maximum absolute atomic E-state index is 9.11. The lowest BCUT2D eigenvalue weighted by Gasteiger charge is -2.05. The first kappa shape index (κ1) is 11.0. The van der Waals surface area contributed by atoms with Crippen molar-refractivity contribution in [1.29, 1.82) is 5.39 Å². The number of hydrogen-bond acceptors (Lipinski definition) is 3. The smallest absolute Gasteiger partial charge is 0.316 e. The minimum absolute atomic E-state index is 0.715. The van der Waals surface area contributed by atoms with E-state index in [4.69, 9.17) is 10.1 Å². The second kappa shape index (κ2) is 4.99. The molecule has 0 bridgehead atoms. The summed E-state index contributed by atoms with van der Waals surface area (Å²) < 4.78 is 5.14. The van der Waals surface area contributed by atoms with Gasteiger partial charge in [-0.25, -0.2) is 0 Å². The molecule has 17 heavy (non-hydrogen) atoms. The number of hydrogen-bond donors (Lipinski definition) is 0. The number of nitrogens with zero attached hydrogens (tertiary/aromatic N) is 3. The summed E-state index contributed by atoms with van der Waals surface area (Å²) in [5.41, 5.74) is 1.52. The summed E-state index contributed by atoms with van der Waals surface area (Å²) in [4.78, 5) is 0. The van der Waals surface area contributed by atoms with E-state index in [9.17, 15) is 0 Å². The molecule has 0 aliphatic rings. The molecular weight excluding hydrogens is 214 g/mol. The van der Waals surface area contributed by atoms with E-state index in [0.29, 0.717) is 5.75 Å². The lowest BCUT2D eigenvalue weighted by atomic mass is 10.2. The van der Waals surface area contributed by atoms with Crippen LogP contribution < -0.4 is 9.75 Å². The van der Waals surface area contributed by atoms with Gasteiger partial charge in [0.05, 0.1) is 7.11 Å². The molecule has 84 valence electrons. The highest BCUT2D eigenvalue weighted by Crippen LogP contribution is 2.28. The quantitative estimate of drug-likeness (QED) is 0.593. The third-order valence-corrected chi connectivity index (χ3v) is 2.39. The van der Waals surface area contributed by atoms with Gasteiger partial charge in [0.1, 0.15) is 17.1 Å². The van der Waals surface area contributed by atoms with Gasteiger partial charge in [-0.3, -0.25) is 0 Å². The van der Waals surface area contributed by atoms with Crippen LogP contribution in [0.1, 0.15) is 0 Å². The topological polar surface area (TPSA) is 40.6 Å². The van der Waals surface area contributed by atoms with Crippen molar-refractivity contribution in [3.63, 3.8) is 0 Å². The highest BCUT2D eigenvalue weighted by molar-refractivity contribution is 5.65. The third kappa shape index (κ3) is 2.34. The van der Waals surface area contributed by atoms with Crippen LogP contribution in [0.3, 0.4) is 0 Å². The summed E-state index contributed by atoms with van der Waals surface area (Å²) in [5, 5.41) is 13.8. The number of ether oxygens (including phenoxy) is 1. The minimum Gasteiger partial charge on any atom is -0.497 e. The van der Waals surface area contributed by atoms with Gasteiger partial charge >= 0.3 is 5.08 Å². The Kier molecular flexibility index (Phi) is 3.22. The molecule has 0 aromatic heterocycles. The van der Waals surface area contributed by atoms with Crippen molar-refractivity contribution in [1.82, 2.24) is 0 Å². The van der Waals surface area contributed by atoms with E-state index in [0.717, 1.165) is 11.4 Å². The molecule has 0 unspecified atom stereocenters. The van der Waals surface area contributed by atoms with Crippen LogP contribution in [0.2, 0.25) is 0 Å². The molecule has 0 saturated carbocycles. The van der Waals surface area contributed by atoms with Crippen molar-refractivity contribution in [2.45, 2.75) is 0 Å². The second-order valence-corrected chi connectivity index (χ2v) is 3.44. The van der Waals surface area contributed by atoms with Gasteiger partial charge in [-0.15, -0.1) is 0 Å². The fourth-order valence-electron chi connectivity index (χ4n) is 1.56. The Balaban J connectivity index is 2.40. The molecule has 4 nitrogen and oxygen atoms in total. The van der Waals surface area contributed by atoms with E-state index in [2.05, 4.69) is 5.08 Å². The van der Waals surface area contributed by atoms with Crippen LogP contribution in [0.15, 0.2) is 54.6 Å². The molecule has 0 saturated heterocycles. The number of benzene rings is 2. The Morgan fingerprint density at radius 2 is 1.71 bits per heavy atom. The maximum Gasteiger partial charge on any atom is 0.316 e. The molecule has 0 fully saturated rings. The van der Waals surface area contributed by atoms with Crippen molar-refractivity contribution in [2.24, 2.45) is 0 Å². The first-order valence-electron chi connectivity index (χ1n) is 5.19. The first-order valence-corrected chi connectivity index (χ1v) is 5.19. The zero-order valence-electron chi connectivity index (χ0n) is 9.45. The van der Waals surface area contributed by atoms with E-state index in [-0.39, 0.29) is 0 Å². The summed E-state index contributed by atoms with van der Waals surface area (Å²) in [6.07, 6.45) is 0. The fourth-order valence-corrected chi connectivity index (χ4v) is 1.56. The molecule has 2 aromatic carbocycles. The van der Waals surface area contributed by atoms with Crippen LogP contribution in [0.5, 0.6) is 5.75 Å². The molecule has 0 aliphatic carbocycles. The van der Waals surface area contributed by atoms with Crippen molar-refractivity contribution in [2.75, 3.05) is 12.1 Å². The van der Waals surface area contributed by atoms with Crippen molar-refractivity contribution >= 4 is 11.4 Å². The Labute approximate surface area is 99.7 Å². The molecule has 2 aromatic rings. The van der Waals surface area contributed by atoms with Gasteiger partial charge in [0.15, 0.2) is 0 Å². The first-order chi connectivity index (χ1) is 8.35. The third-order valence-electron chi connectivity index (χ3n) is 2.39. The van der Waals surface area contributed by atoms with Gasteiger partial charge in [0, 0.05) is 11.1 Å². The summed E-state index contributed by atoms with van der Waals surface area (Å²) in [6.45, 7) is 0. The standard InChI is InChI=1S/C13H12N3O/c1-17-13-9-5-8-12(10-13)16(15-14)11-6-3-2-4-7-11/h2-10H,1H3/q+1. The van der Waals surface area contributed by atoms with Gasteiger partial charge in [-0.1, -0.05) is 24.3 Å². The van der Waals surface area contributed by atoms with E-state index < -0.39 is 0 Å². The van der Waals surface area contributed by atoms with Gasteiger partial charge in [-0.2, -0.15) is 0 Å². The molecule has 2 rings (SSSR count). The van der Waals surface area contributed by atoms with Crippen LogP contribution >= 0.6 is 0 Å². The van der Waals surface area contributed by atoms with Crippen LogP contribution in [0.25, 0.3) is 5.08 Å². The van der Waals surface area contributed by atoms with Crippen molar-refractivity contribution in [3.8, 4) is 5.75 Å². The maximum atomic E-state index is 9.11. The zero-order valence-corrected chi connectivity index (χ0v) is 9.45. The monoisotopic (exact) mass is 226 g/mol. The van der Waals surface area contributed by atoms with E-state index in [1.165, 1.54) is 5.01 Å². The molecule has 4 heteroatoms. The highest BCUT2D eigenvalue weighted by Gasteiger charge is 2.19. The largest absolute Gasteiger partial charge is 0.497 e. The second-order valence-electron chi connectivity index (χ2n) is 3.44. The van der Waals surface area contributed by atoms with Gasteiger partial charge in [0.25, 0.3) is 5.39 Å². The van der Waals surface area contributed by atoms with Gasteiger partial charge in [-0.05, 0) is 24.3 Å². The average Bonchev–Trinajstić information content (AvgIpc) is 2.41. The number of methoxy groups -OCH3 is 1. The van der Waals surface area contributed by atoms with Crippen LogP contribution in [0.4, 0.5) is 11.4 Å². The Morgan fingerprint density at radius 1 is 1.00 bits per heavy atom. The number of diazo groups is 1. The van der Waals surface area contributed by atoms with Crippen molar-refractivity contribution < 1.29 is 4.74 Å². The number of anilines is 2. The Hall–Kier alpha value is -2.54. The number of rotatable bonds is 3. The van der Waals surface area contributed by atoms with Crippen LogP contribution in [-0.2, 0) is 0 Å². The van der Waals surface area contributed by atoms with Gasteiger partial charge < -0.3 is 4.74 Å². The Morgan fingerprint density at radius 3 is 2.35 bits per heavy atom. The molecule has 0 N–H and O–H groups in total. The summed E-state index contributed by atoms with van der Waals surface area (Å²) in [5.74, 6) is 0.715. The minimum atomic E-state index is 0.715. The number of para-hydroxylation sites is 1. The molecular formula is C13H12N3O+. The van der Waals surface area contributed by atoms with E-state index in [1.807, 2.05) is 48.5 Å². The van der Waals surface area contributed by atoms with Crippen LogP contribution in [-0.4, -0.2) is 7.11 Å². The lowest BCUT2D eigenvalue weighted by molar-refractivity contribution is 0.415. The molecule has 0 spiro atoms. The molecule has 0 amide bonds. The molecule has 0 aliphatic heterocycles. The summed E-state index contributed by atoms with van der Waals surface area (Å²) >= 11 is 0. The van der Waals surface area contributed by atoms with Crippen LogP contribution in [0, 0.1) is 5.39 Å². The highest BCUT2D eigenvalue weighted by atomic mass is 16.5. The molecule has 0 radical (unpaired) electrons. The molecule has 0 atom stereocenters. The molecule has 0 heterocycles. The normalized spacial score (nSPS) is 9.41. The SMILES string of the molecule is COc1cccc(N([N+]#N)c2ccccc2)c1. The predicted molar refractivity (Wildman–Crippen MR) is 66.7 cm³/mol. The van der Waals surface area contributed by atoms with Gasteiger partial charge in [0.2, 0.25) is 0 Å². The predicted octanol–water partition coefficient (Wildman–Crippen LogP) is 3.60. The van der Waals surface area contributed by atoms with Crippen molar-refractivity contribution in [3.05, 3.63) is 59.7 Å². The van der Waals surface area contributed by atoms with E-state index >= 15 is 0 Å². The average molecular weight is 226 g/mol. The fraction of sp³-hybridized carbons (Fsp3) is 0.0769. The zero-order chi connectivity index (χ0) is 12.1. The summed E-state index contributed by atoms with van der Waals surface area (Å²) in [6, 6.07) is 16.7. The van der Waals surface area contributed by atoms with E-state index in [1.54, 1.807) is 13.2 Å². The summed E-state index contributed by atoms with van der Waals surface area (Å²) in [7, 11) is 1.60.